The molecule has 0 aromatic heterocycles. The number of hydrogen-bond donors (Lipinski definition) is 2. The molecule has 1 amide bonds. The summed E-state index contributed by atoms with van der Waals surface area (Å²) in [4.78, 5) is 29.1. The quantitative estimate of drug-likeness (QED) is 0.651. The zero-order chi connectivity index (χ0) is 21.6. The molecule has 1 aliphatic rings. The van der Waals surface area contributed by atoms with E-state index in [2.05, 4.69) is 11.0 Å². The van der Waals surface area contributed by atoms with E-state index in [1.54, 1.807) is 54.6 Å². The molecule has 0 radical (unpaired) electrons. The summed E-state index contributed by atoms with van der Waals surface area (Å²) >= 11 is 0. The van der Waals surface area contributed by atoms with Crippen molar-refractivity contribution in [3.63, 3.8) is 0 Å². The SMILES string of the molecule is Cc1ccc(S(=O)(=O)N2CCCC(CC(=O)ONNC(=O)c3ccccc3)C2)cc1. The minimum absolute atomic E-state index is 0.0497. The fourth-order valence-corrected chi connectivity index (χ4v) is 4.89. The molecular weight excluding hydrogens is 406 g/mol. The maximum absolute atomic E-state index is 12.9. The average Bonchev–Trinajstić information content (AvgIpc) is 2.75. The van der Waals surface area contributed by atoms with Crippen molar-refractivity contribution in [3.8, 4) is 0 Å². The summed E-state index contributed by atoms with van der Waals surface area (Å²) in [6, 6.07) is 15.2. The summed E-state index contributed by atoms with van der Waals surface area (Å²) in [7, 11) is -3.60. The lowest BCUT2D eigenvalue weighted by molar-refractivity contribution is -0.154. The average molecular weight is 432 g/mol. The zero-order valence-corrected chi connectivity index (χ0v) is 17.5. The first-order valence-electron chi connectivity index (χ1n) is 9.73. The van der Waals surface area contributed by atoms with Crippen LogP contribution >= 0.6 is 0 Å². The Kier molecular flexibility index (Phi) is 7.20. The predicted molar refractivity (Wildman–Crippen MR) is 110 cm³/mol. The first-order valence-corrected chi connectivity index (χ1v) is 11.2. The molecule has 2 aromatic rings. The number of benzene rings is 2. The molecule has 30 heavy (non-hydrogen) atoms. The van der Waals surface area contributed by atoms with Crippen molar-refractivity contribution >= 4 is 21.9 Å². The molecule has 3 rings (SSSR count). The molecular formula is C21H25N3O5S. The number of sulfonamides is 1. The van der Waals surface area contributed by atoms with Gasteiger partial charge in [0.15, 0.2) is 0 Å². The molecule has 1 aliphatic heterocycles. The topological polar surface area (TPSA) is 105 Å². The Bertz CT molecular complexity index is 977. The molecule has 1 fully saturated rings. The molecule has 9 heteroatoms. The van der Waals surface area contributed by atoms with Gasteiger partial charge in [0.1, 0.15) is 0 Å². The van der Waals surface area contributed by atoms with E-state index in [9.17, 15) is 18.0 Å². The van der Waals surface area contributed by atoms with Crippen LogP contribution < -0.4 is 11.0 Å². The lowest BCUT2D eigenvalue weighted by Gasteiger charge is -2.31. The zero-order valence-electron chi connectivity index (χ0n) is 16.7. The van der Waals surface area contributed by atoms with Crippen LogP contribution in [0.4, 0.5) is 0 Å². The summed E-state index contributed by atoms with van der Waals surface area (Å²) in [6.07, 6.45) is 1.45. The first kappa shape index (κ1) is 21.9. The van der Waals surface area contributed by atoms with E-state index >= 15 is 0 Å². The summed E-state index contributed by atoms with van der Waals surface area (Å²) in [5, 5.41) is 0. The number of carbonyl (C=O) groups is 2. The highest BCUT2D eigenvalue weighted by Gasteiger charge is 2.31. The van der Waals surface area contributed by atoms with Crippen molar-refractivity contribution in [1.29, 1.82) is 0 Å². The van der Waals surface area contributed by atoms with Gasteiger partial charge in [0.05, 0.1) is 11.3 Å². The number of nitrogens with zero attached hydrogens (tertiary/aromatic N) is 1. The van der Waals surface area contributed by atoms with Crippen LogP contribution in [0.2, 0.25) is 0 Å². The van der Waals surface area contributed by atoms with E-state index in [1.165, 1.54) is 4.31 Å². The smallest absolute Gasteiger partial charge is 0.327 e. The molecule has 0 bridgehead atoms. The molecule has 160 valence electrons. The van der Waals surface area contributed by atoms with E-state index in [0.717, 1.165) is 12.0 Å². The van der Waals surface area contributed by atoms with Gasteiger partial charge in [-0.15, -0.1) is 0 Å². The third-order valence-electron chi connectivity index (χ3n) is 4.96. The summed E-state index contributed by atoms with van der Waals surface area (Å²) in [5.41, 5.74) is 5.86. The minimum atomic E-state index is -3.60. The molecule has 8 nitrogen and oxygen atoms in total. The van der Waals surface area contributed by atoms with Gasteiger partial charge >= 0.3 is 5.97 Å². The number of rotatable bonds is 7. The summed E-state index contributed by atoms with van der Waals surface area (Å²) in [6.45, 7) is 2.57. The van der Waals surface area contributed by atoms with Crippen molar-refractivity contribution in [2.75, 3.05) is 13.1 Å². The van der Waals surface area contributed by atoms with Gasteiger partial charge in [0.25, 0.3) is 5.91 Å². The van der Waals surface area contributed by atoms with Crippen molar-refractivity contribution < 1.29 is 22.8 Å². The van der Waals surface area contributed by atoms with E-state index in [1.807, 2.05) is 6.92 Å². The molecule has 0 aliphatic carbocycles. The number of carbonyl (C=O) groups excluding carboxylic acids is 2. The van der Waals surface area contributed by atoms with E-state index < -0.39 is 21.9 Å². The second kappa shape index (κ2) is 9.84. The Labute approximate surface area is 176 Å². The second-order valence-electron chi connectivity index (χ2n) is 7.28. The van der Waals surface area contributed by atoms with Crippen molar-refractivity contribution in [2.45, 2.75) is 31.1 Å². The van der Waals surface area contributed by atoms with Gasteiger partial charge in [0.2, 0.25) is 10.0 Å². The standard InChI is InChI=1S/C21H25N3O5S/c1-16-9-11-19(12-10-16)30(27,28)24-13-5-6-17(15-24)14-20(25)29-23-22-21(26)18-7-3-2-4-8-18/h2-4,7-12,17,23H,5-6,13-15H2,1H3,(H,22,26). The van der Waals surface area contributed by atoms with Crippen LogP contribution in [-0.2, 0) is 19.7 Å². The Morgan fingerprint density at radius 2 is 1.80 bits per heavy atom. The monoisotopic (exact) mass is 431 g/mol. The number of piperidine rings is 1. The molecule has 0 saturated carbocycles. The normalized spacial score (nSPS) is 17.3. The lowest BCUT2D eigenvalue weighted by Crippen LogP contribution is -2.42. The molecule has 2 aromatic carbocycles. The van der Waals surface area contributed by atoms with Crippen LogP contribution in [0, 0.1) is 12.8 Å². The number of hydrazine groups is 1. The van der Waals surface area contributed by atoms with Crippen molar-refractivity contribution in [2.24, 2.45) is 5.92 Å². The lowest BCUT2D eigenvalue weighted by atomic mass is 9.96. The van der Waals surface area contributed by atoms with Gasteiger partial charge in [-0.05, 0) is 49.9 Å². The van der Waals surface area contributed by atoms with Crippen LogP contribution in [0.1, 0.15) is 35.2 Å². The number of hydrogen-bond acceptors (Lipinski definition) is 6. The fourth-order valence-electron chi connectivity index (χ4n) is 3.34. The van der Waals surface area contributed by atoms with Gasteiger partial charge in [0, 0.05) is 18.7 Å². The fraction of sp³-hybridized carbons (Fsp3) is 0.333. The third-order valence-corrected chi connectivity index (χ3v) is 6.84. The highest BCUT2D eigenvalue weighted by atomic mass is 32.2. The molecule has 1 saturated heterocycles. The van der Waals surface area contributed by atoms with Gasteiger partial charge < -0.3 is 4.84 Å². The highest BCUT2D eigenvalue weighted by Crippen LogP contribution is 2.25. The van der Waals surface area contributed by atoms with Crippen LogP contribution in [0.3, 0.4) is 0 Å². The highest BCUT2D eigenvalue weighted by molar-refractivity contribution is 7.89. The Morgan fingerprint density at radius 1 is 1.10 bits per heavy atom. The van der Waals surface area contributed by atoms with Crippen LogP contribution in [-0.4, -0.2) is 37.7 Å². The molecule has 1 unspecified atom stereocenters. The number of nitrogens with one attached hydrogen (secondary N) is 2. The largest absolute Gasteiger partial charge is 0.351 e. The number of amides is 1. The van der Waals surface area contributed by atoms with Gasteiger partial charge in [-0.25, -0.2) is 8.42 Å². The third kappa shape index (κ3) is 5.65. The van der Waals surface area contributed by atoms with Crippen molar-refractivity contribution in [3.05, 3.63) is 65.7 Å². The molecule has 2 N–H and O–H groups in total. The second-order valence-corrected chi connectivity index (χ2v) is 9.22. The molecule has 0 spiro atoms. The van der Waals surface area contributed by atoms with E-state index in [0.29, 0.717) is 18.5 Å². The minimum Gasteiger partial charge on any atom is -0.351 e. The maximum atomic E-state index is 12.9. The summed E-state index contributed by atoms with van der Waals surface area (Å²) in [5.74, 6) is -1.16. The van der Waals surface area contributed by atoms with E-state index in [-0.39, 0.29) is 23.8 Å². The van der Waals surface area contributed by atoms with Crippen LogP contribution in [0.15, 0.2) is 59.5 Å². The maximum Gasteiger partial charge on any atom is 0.327 e. The first-order chi connectivity index (χ1) is 14.4. The predicted octanol–water partition coefficient (Wildman–Crippen LogP) is 2.18. The Morgan fingerprint density at radius 3 is 2.50 bits per heavy atom. The number of aryl methyl sites for hydroxylation is 1. The Hall–Kier alpha value is -2.75. The molecule has 1 heterocycles. The van der Waals surface area contributed by atoms with E-state index in [4.69, 9.17) is 4.84 Å². The van der Waals surface area contributed by atoms with Crippen molar-refractivity contribution in [1.82, 2.24) is 15.3 Å². The van der Waals surface area contributed by atoms with Gasteiger partial charge in [-0.3, -0.25) is 15.0 Å². The van der Waals surface area contributed by atoms with Crippen LogP contribution in [0.5, 0.6) is 0 Å². The van der Waals surface area contributed by atoms with Gasteiger partial charge in [-0.2, -0.15) is 4.31 Å². The van der Waals surface area contributed by atoms with Gasteiger partial charge in [-0.1, -0.05) is 41.5 Å². The Balaban J connectivity index is 1.49. The summed E-state index contributed by atoms with van der Waals surface area (Å²) < 4.78 is 27.1. The van der Waals surface area contributed by atoms with Crippen LogP contribution in [0.25, 0.3) is 0 Å². The molecule has 1 atom stereocenters.